The fourth-order valence-electron chi connectivity index (χ4n) is 1.95. The first-order chi connectivity index (χ1) is 14.4. The van der Waals surface area contributed by atoms with Gasteiger partial charge in [-0.3, -0.25) is 0 Å². The number of hydrogen-bond donors (Lipinski definition) is 8. The summed E-state index contributed by atoms with van der Waals surface area (Å²) in [5.74, 6) is 0. The molecule has 0 rings (SSSR count). The lowest BCUT2D eigenvalue weighted by Gasteiger charge is -2.32. The summed E-state index contributed by atoms with van der Waals surface area (Å²) < 4.78 is 5.18. The molecule has 11 nitrogen and oxygen atoms in total. The van der Waals surface area contributed by atoms with Gasteiger partial charge in [0.1, 0.15) is 17.9 Å². The Morgan fingerprint density at radius 1 is 1.03 bits per heavy atom. The quantitative estimate of drug-likeness (QED) is 0.108. The summed E-state index contributed by atoms with van der Waals surface area (Å²) in [6.07, 6.45) is 2.05. The molecule has 11 heteroatoms. The van der Waals surface area contributed by atoms with Crippen LogP contribution in [-0.2, 0) is 9.53 Å². The second-order valence-electron chi connectivity index (χ2n) is 6.30. The van der Waals surface area contributed by atoms with E-state index >= 15 is 0 Å². The summed E-state index contributed by atoms with van der Waals surface area (Å²) in [7, 11) is 5.45. The maximum Gasteiger partial charge on any atom is 0.315 e. The molecule has 0 fully saturated rings. The summed E-state index contributed by atoms with van der Waals surface area (Å²) in [6, 6.07) is -0.787. The van der Waals surface area contributed by atoms with Crippen LogP contribution in [0, 0.1) is 0 Å². The molecule has 0 aromatic heterocycles. The van der Waals surface area contributed by atoms with Crippen molar-refractivity contribution in [3.05, 3.63) is 0 Å². The molecule has 0 bridgehead atoms. The molecule has 2 amide bonds. The number of rotatable bonds is 15. The van der Waals surface area contributed by atoms with E-state index in [1.54, 1.807) is 7.05 Å². The Morgan fingerprint density at radius 2 is 1.57 bits per heavy atom. The van der Waals surface area contributed by atoms with Crippen molar-refractivity contribution < 1.29 is 34.8 Å². The van der Waals surface area contributed by atoms with Crippen molar-refractivity contribution in [2.75, 3.05) is 60.7 Å². The molecular formula is C19H44N4O7. The Morgan fingerprint density at radius 3 is 1.97 bits per heavy atom. The van der Waals surface area contributed by atoms with E-state index in [-0.39, 0.29) is 12.6 Å². The fourth-order valence-corrected chi connectivity index (χ4v) is 1.95. The summed E-state index contributed by atoms with van der Waals surface area (Å²) in [5.41, 5.74) is -1.43. The number of amides is 2. The smallest absolute Gasteiger partial charge is 0.315 e. The van der Waals surface area contributed by atoms with Crippen LogP contribution in [0.4, 0.5) is 4.79 Å². The summed E-state index contributed by atoms with van der Waals surface area (Å²) in [5, 5.41) is 47.5. The van der Waals surface area contributed by atoms with Gasteiger partial charge >= 0.3 is 6.03 Å². The van der Waals surface area contributed by atoms with Crippen molar-refractivity contribution >= 4 is 12.3 Å². The molecule has 0 heterocycles. The molecule has 0 aliphatic rings. The molecule has 30 heavy (non-hydrogen) atoms. The van der Waals surface area contributed by atoms with Crippen LogP contribution in [-0.4, -0.2) is 111 Å². The standard InChI is InChI=1S/C15H31N3O7.C2H7N.C2H6/c1-16-12(6-19)4-2-3-5-17-14(24)18-15(9-22,10-23)11-25-13(7-20)8-21;1-3-2;1-2/h6,12-13,16,20-23H,2-5,7-11H2,1H3,(H2,17,18,24);3H,1-2H3;1-2H3. The van der Waals surface area contributed by atoms with Crippen LogP contribution in [0.15, 0.2) is 0 Å². The van der Waals surface area contributed by atoms with E-state index in [9.17, 15) is 19.8 Å². The van der Waals surface area contributed by atoms with Crippen LogP contribution in [0.1, 0.15) is 33.1 Å². The van der Waals surface area contributed by atoms with Gasteiger partial charge in [-0.15, -0.1) is 0 Å². The van der Waals surface area contributed by atoms with E-state index in [0.717, 1.165) is 12.7 Å². The summed E-state index contributed by atoms with van der Waals surface area (Å²) in [4.78, 5) is 22.6. The third kappa shape index (κ3) is 17.5. The summed E-state index contributed by atoms with van der Waals surface area (Å²) >= 11 is 0. The number of aliphatic hydroxyl groups excluding tert-OH is 4. The zero-order valence-corrected chi connectivity index (χ0v) is 19.1. The topological polar surface area (TPSA) is 172 Å². The largest absolute Gasteiger partial charge is 0.394 e. The maximum absolute atomic E-state index is 11.9. The molecule has 182 valence electrons. The Bertz CT molecular complexity index is 382. The minimum absolute atomic E-state index is 0.201. The molecular weight excluding hydrogens is 396 g/mol. The molecule has 1 atom stereocenters. The Labute approximate surface area is 180 Å². The van der Waals surface area contributed by atoms with Crippen LogP contribution in [0.3, 0.4) is 0 Å². The zero-order chi connectivity index (χ0) is 23.8. The van der Waals surface area contributed by atoms with E-state index in [1.807, 2.05) is 27.9 Å². The molecule has 1 unspecified atom stereocenters. The number of carbonyl (C=O) groups is 2. The van der Waals surface area contributed by atoms with Crippen molar-refractivity contribution in [2.45, 2.75) is 50.8 Å². The summed E-state index contributed by atoms with van der Waals surface area (Å²) in [6.45, 7) is 2.08. The van der Waals surface area contributed by atoms with Crippen molar-refractivity contribution in [2.24, 2.45) is 0 Å². The lowest BCUT2D eigenvalue weighted by atomic mass is 10.0. The number of hydrogen-bond acceptors (Lipinski definition) is 9. The Balaban J connectivity index is -0.00000133. The first kappa shape index (κ1) is 33.3. The third-order valence-corrected chi connectivity index (χ3v) is 3.75. The number of nitrogens with one attached hydrogen (secondary N) is 4. The average molecular weight is 441 g/mol. The number of aliphatic hydroxyl groups is 4. The van der Waals surface area contributed by atoms with Crippen LogP contribution in [0.25, 0.3) is 0 Å². The fraction of sp³-hybridized carbons (Fsp3) is 0.895. The van der Waals surface area contributed by atoms with E-state index in [4.69, 9.17) is 14.9 Å². The van der Waals surface area contributed by atoms with Crippen LogP contribution < -0.4 is 21.3 Å². The highest BCUT2D eigenvalue weighted by Crippen LogP contribution is 2.06. The van der Waals surface area contributed by atoms with E-state index < -0.39 is 44.1 Å². The van der Waals surface area contributed by atoms with Crippen LogP contribution >= 0.6 is 0 Å². The van der Waals surface area contributed by atoms with Crippen LogP contribution in [0.5, 0.6) is 0 Å². The van der Waals surface area contributed by atoms with Gasteiger partial charge in [0.2, 0.25) is 0 Å². The molecule has 0 aliphatic carbocycles. The minimum Gasteiger partial charge on any atom is -0.394 e. The SMILES string of the molecule is CC.CNC.CNC(C=O)CCCCNC(=O)NC(CO)(CO)COC(CO)CO. The molecule has 8 N–H and O–H groups in total. The van der Waals surface area contributed by atoms with Gasteiger partial charge in [0.05, 0.1) is 39.1 Å². The van der Waals surface area contributed by atoms with Gasteiger partial charge in [-0.2, -0.15) is 0 Å². The second kappa shape index (κ2) is 23.9. The second-order valence-corrected chi connectivity index (χ2v) is 6.30. The van der Waals surface area contributed by atoms with E-state index in [2.05, 4.69) is 21.3 Å². The highest BCUT2D eigenvalue weighted by molar-refractivity contribution is 5.74. The number of likely N-dealkylation sites (N-methyl/N-ethyl adjacent to an activating group) is 1. The van der Waals surface area contributed by atoms with E-state index in [1.165, 1.54) is 0 Å². The number of aldehydes is 1. The number of unbranched alkanes of at least 4 members (excludes halogenated alkanes) is 1. The first-order valence-corrected chi connectivity index (χ1v) is 10.2. The third-order valence-electron chi connectivity index (χ3n) is 3.75. The van der Waals surface area contributed by atoms with Gasteiger partial charge in [-0.05, 0) is 40.4 Å². The van der Waals surface area contributed by atoms with Crippen molar-refractivity contribution in [1.29, 1.82) is 0 Å². The van der Waals surface area contributed by atoms with Crippen LogP contribution in [0.2, 0.25) is 0 Å². The number of ether oxygens (including phenoxy) is 1. The van der Waals surface area contributed by atoms with Gasteiger partial charge in [-0.1, -0.05) is 13.8 Å². The molecule has 0 saturated heterocycles. The van der Waals surface area contributed by atoms with Crippen molar-refractivity contribution in [3.63, 3.8) is 0 Å². The van der Waals surface area contributed by atoms with Gasteiger partial charge in [0.15, 0.2) is 0 Å². The minimum atomic E-state index is -1.43. The Hall–Kier alpha value is -1.34. The number of carbonyl (C=O) groups excluding carboxylic acids is 2. The van der Waals surface area contributed by atoms with Crippen molar-refractivity contribution in [1.82, 2.24) is 21.3 Å². The number of urea groups is 1. The Kier molecular flexibility index (Phi) is 26.6. The van der Waals surface area contributed by atoms with Gasteiger partial charge in [-0.25, -0.2) is 4.79 Å². The van der Waals surface area contributed by atoms with Gasteiger partial charge < -0.3 is 51.2 Å². The van der Waals surface area contributed by atoms with E-state index in [0.29, 0.717) is 19.4 Å². The molecule has 0 radical (unpaired) electrons. The first-order valence-electron chi connectivity index (χ1n) is 10.2. The zero-order valence-electron chi connectivity index (χ0n) is 19.1. The van der Waals surface area contributed by atoms with Gasteiger partial charge in [0, 0.05) is 6.54 Å². The molecule has 0 aromatic carbocycles. The lowest BCUT2D eigenvalue weighted by molar-refractivity contribution is -0.109. The normalized spacial score (nSPS) is 11.5. The van der Waals surface area contributed by atoms with Crippen molar-refractivity contribution in [3.8, 4) is 0 Å². The highest BCUT2D eigenvalue weighted by atomic mass is 16.5. The predicted molar refractivity (Wildman–Crippen MR) is 116 cm³/mol. The molecule has 0 saturated carbocycles. The monoisotopic (exact) mass is 440 g/mol. The predicted octanol–water partition coefficient (Wildman–Crippen LogP) is -1.80. The van der Waals surface area contributed by atoms with Gasteiger partial charge in [0.25, 0.3) is 0 Å². The average Bonchev–Trinajstić information content (AvgIpc) is 2.78. The maximum atomic E-state index is 11.9. The molecule has 0 aliphatic heterocycles. The molecule has 0 spiro atoms. The highest BCUT2D eigenvalue weighted by Gasteiger charge is 2.32. The lowest BCUT2D eigenvalue weighted by Crippen LogP contribution is -2.60. The molecule has 0 aromatic rings.